The average molecular weight is 531 g/mol. The maximum Gasteiger partial charge on any atom is 0.401 e. The zero-order chi connectivity index (χ0) is 24.0. The number of benzene rings is 1. The minimum atomic E-state index is -4.22. The number of alkyl halides is 3. The molecule has 1 aromatic carbocycles. The van der Waals surface area contributed by atoms with Gasteiger partial charge >= 0.3 is 11.9 Å². The van der Waals surface area contributed by atoms with Crippen molar-refractivity contribution in [1.82, 2.24) is 15.3 Å². The second-order valence-corrected chi connectivity index (χ2v) is 9.01. The lowest BCUT2D eigenvalue weighted by molar-refractivity contribution is -0.384. The topological polar surface area (TPSA) is 105 Å². The molecule has 3 N–H and O–H groups in total. The van der Waals surface area contributed by atoms with Crippen molar-refractivity contribution < 1.29 is 18.1 Å². The fourth-order valence-corrected chi connectivity index (χ4v) is 4.22. The summed E-state index contributed by atoms with van der Waals surface area (Å²) in [4.78, 5) is 19.2. The first-order chi connectivity index (χ1) is 15.6. The third kappa shape index (κ3) is 7.53. The van der Waals surface area contributed by atoms with Gasteiger partial charge in [-0.15, -0.1) is 0 Å². The first kappa shape index (κ1) is 25.2. The number of nitrogens with one attached hydrogen (secondary N) is 3. The van der Waals surface area contributed by atoms with Crippen LogP contribution in [0.15, 0.2) is 28.9 Å². The number of hydrogen-bond acceptors (Lipinski definition) is 7. The summed E-state index contributed by atoms with van der Waals surface area (Å²) in [7, 11) is 0. The fraction of sp³-hybridized carbons (Fsp3) is 0.524. The summed E-state index contributed by atoms with van der Waals surface area (Å²) in [6.45, 7) is 1.91. The summed E-state index contributed by atoms with van der Waals surface area (Å²) in [5, 5.41) is 20.1. The summed E-state index contributed by atoms with van der Waals surface area (Å²) in [5.41, 5.74) is 1.89. The number of halogens is 4. The van der Waals surface area contributed by atoms with Gasteiger partial charge in [-0.1, -0.05) is 28.1 Å². The Kier molecular flexibility index (Phi) is 8.46. The smallest absolute Gasteiger partial charge is 0.364 e. The maximum atomic E-state index is 12.4. The summed E-state index contributed by atoms with van der Waals surface area (Å²) < 4.78 is 38.1. The molecule has 2 aromatic rings. The Labute approximate surface area is 198 Å². The van der Waals surface area contributed by atoms with Crippen LogP contribution >= 0.6 is 15.9 Å². The highest BCUT2D eigenvalue weighted by Crippen LogP contribution is 2.28. The van der Waals surface area contributed by atoms with Crippen LogP contribution in [0, 0.1) is 23.0 Å². The maximum absolute atomic E-state index is 12.4. The third-order valence-corrected chi connectivity index (χ3v) is 6.64. The second-order valence-electron chi connectivity index (χ2n) is 8.16. The summed E-state index contributed by atoms with van der Waals surface area (Å²) >= 11 is 3.49. The minimum Gasteiger partial charge on any atom is -0.364 e. The van der Waals surface area contributed by atoms with Gasteiger partial charge < -0.3 is 16.0 Å². The van der Waals surface area contributed by atoms with E-state index < -0.39 is 17.6 Å². The quantitative estimate of drug-likeness (QED) is 0.302. The number of rotatable bonds is 9. The molecule has 1 heterocycles. The highest BCUT2D eigenvalue weighted by molar-refractivity contribution is 9.10. The zero-order valence-corrected chi connectivity index (χ0v) is 19.7. The van der Waals surface area contributed by atoms with Crippen LogP contribution in [-0.4, -0.2) is 40.2 Å². The van der Waals surface area contributed by atoms with Gasteiger partial charge in [0.25, 0.3) is 0 Å². The van der Waals surface area contributed by atoms with Crippen LogP contribution < -0.4 is 16.0 Å². The molecule has 0 radical (unpaired) electrons. The van der Waals surface area contributed by atoms with Crippen molar-refractivity contribution in [3.8, 4) is 0 Å². The molecule has 1 aliphatic rings. The number of anilines is 2. The van der Waals surface area contributed by atoms with Gasteiger partial charge in [0.1, 0.15) is 6.20 Å². The van der Waals surface area contributed by atoms with E-state index in [4.69, 9.17) is 0 Å². The fourth-order valence-electron chi connectivity index (χ4n) is 3.81. The summed E-state index contributed by atoms with van der Waals surface area (Å²) in [6.07, 6.45) is -0.321. The van der Waals surface area contributed by atoms with Crippen molar-refractivity contribution in [3.63, 3.8) is 0 Å². The van der Waals surface area contributed by atoms with E-state index in [0.717, 1.165) is 28.4 Å². The Morgan fingerprint density at radius 1 is 1.21 bits per heavy atom. The number of nitro groups is 1. The van der Waals surface area contributed by atoms with Crippen LogP contribution in [0.25, 0.3) is 0 Å². The molecular weight excluding hydrogens is 505 g/mol. The van der Waals surface area contributed by atoms with Crippen molar-refractivity contribution in [2.75, 3.05) is 23.7 Å². The van der Waals surface area contributed by atoms with E-state index in [9.17, 15) is 23.3 Å². The second kappa shape index (κ2) is 11.1. The Morgan fingerprint density at radius 3 is 2.61 bits per heavy atom. The molecule has 180 valence electrons. The van der Waals surface area contributed by atoms with Gasteiger partial charge in [-0.2, -0.15) is 18.2 Å². The van der Waals surface area contributed by atoms with E-state index in [2.05, 4.69) is 41.8 Å². The van der Waals surface area contributed by atoms with Gasteiger partial charge in [0.2, 0.25) is 11.8 Å². The van der Waals surface area contributed by atoms with Gasteiger partial charge in [0.05, 0.1) is 11.5 Å². The molecule has 1 saturated carbocycles. The van der Waals surface area contributed by atoms with E-state index in [-0.39, 0.29) is 29.4 Å². The molecule has 1 fully saturated rings. The Bertz CT molecular complexity index is 968. The van der Waals surface area contributed by atoms with E-state index in [1.54, 1.807) is 0 Å². The summed E-state index contributed by atoms with van der Waals surface area (Å²) in [6, 6.07) is 5.68. The number of hydrogen-bond donors (Lipinski definition) is 3. The molecule has 1 aromatic heterocycles. The SMILES string of the molecule is Cc1c(Br)cccc1CNc1ncc([N+](=O)[O-])c(NCC2CCC(NCC(F)(F)F)CC2)n1. The molecule has 0 unspecified atom stereocenters. The molecule has 0 amide bonds. The van der Waals surface area contributed by atoms with Crippen molar-refractivity contribution in [2.24, 2.45) is 5.92 Å². The standard InChI is InChI=1S/C21H26BrF3N6O2/c1-13-15(3-2-4-17(13)22)10-27-20-28-11-18(31(32)33)19(30-20)26-9-14-5-7-16(8-6-14)29-12-21(23,24)25/h2-4,11,14,16,29H,5-10,12H2,1H3,(H2,26,27,28,30). The average Bonchev–Trinajstić information content (AvgIpc) is 2.77. The predicted octanol–water partition coefficient (Wildman–Crippen LogP) is 5.19. The van der Waals surface area contributed by atoms with Crippen LogP contribution in [0.4, 0.5) is 30.6 Å². The van der Waals surface area contributed by atoms with Crippen molar-refractivity contribution >= 4 is 33.4 Å². The molecule has 8 nitrogen and oxygen atoms in total. The first-order valence-electron chi connectivity index (χ1n) is 10.7. The van der Waals surface area contributed by atoms with Crippen LogP contribution in [0.1, 0.15) is 36.8 Å². The molecule has 3 rings (SSSR count). The molecule has 12 heteroatoms. The van der Waals surface area contributed by atoms with Crippen LogP contribution in [0.5, 0.6) is 0 Å². The molecular formula is C21H26BrF3N6O2. The molecule has 1 aliphatic carbocycles. The van der Waals surface area contributed by atoms with Gasteiger partial charge in [0, 0.05) is 23.6 Å². The molecule has 0 bridgehead atoms. The first-order valence-corrected chi connectivity index (χ1v) is 11.4. The van der Waals surface area contributed by atoms with E-state index in [1.165, 1.54) is 6.20 Å². The molecule has 0 aliphatic heterocycles. The number of nitrogens with zero attached hydrogens (tertiary/aromatic N) is 3. The monoisotopic (exact) mass is 530 g/mol. The number of aromatic nitrogens is 2. The van der Waals surface area contributed by atoms with Gasteiger partial charge in [-0.05, 0) is 55.7 Å². The van der Waals surface area contributed by atoms with Gasteiger partial charge in [-0.25, -0.2) is 4.98 Å². The molecule has 0 saturated heterocycles. The van der Waals surface area contributed by atoms with E-state index in [0.29, 0.717) is 25.9 Å². The van der Waals surface area contributed by atoms with E-state index in [1.807, 2.05) is 25.1 Å². The van der Waals surface area contributed by atoms with Gasteiger partial charge in [0.15, 0.2) is 0 Å². The molecule has 0 atom stereocenters. The highest BCUT2D eigenvalue weighted by atomic mass is 79.9. The summed E-state index contributed by atoms with van der Waals surface area (Å²) in [5.74, 6) is 0.590. The Hall–Kier alpha value is -2.47. The van der Waals surface area contributed by atoms with Crippen LogP contribution in [0.3, 0.4) is 0 Å². The van der Waals surface area contributed by atoms with E-state index >= 15 is 0 Å². The largest absolute Gasteiger partial charge is 0.401 e. The van der Waals surface area contributed by atoms with Crippen molar-refractivity contribution in [3.05, 3.63) is 50.1 Å². The van der Waals surface area contributed by atoms with Crippen LogP contribution in [-0.2, 0) is 6.54 Å². The van der Waals surface area contributed by atoms with Crippen LogP contribution in [0.2, 0.25) is 0 Å². The van der Waals surface area contributed by atoms with Crippen molar-refractivity contribution in [1.29, 1.82) is 0 Å². The minimum absolute atomic E-state index is 0.126. The van der Waals surface area contributed by atoms with Gasteiger partial charge in [-0.3, -0.25) is 10.1 Å². The zero-order valence-electron chi connectivity index (χ0n) is 18.1. The Balaban J connectivity index is 1.57. The highest BCUT2D eigenvalue weighted by Gasteiger charge is 2.30. The van der Waals surface area contributed by atoms with Crippen molar-refractivity contribution in [2.45, 2.75) is 51.4 Å². The predicted molar refractivity (Wildman–Crippen MR) is 123 cm³/mol. The Morgan fingerprint density at radius 2 is 1.94 bits per heavy atom. The third-order valence-electron chi connectivity index (χ3n) is 5.78. The molecule has 33 heavy (non-hydrogen) atoms. The lowest BCUT2D eigenvalue weighted by Gasteiger charge is -2.29. The molecule has 0 spiro atoms. The normalized spacial score (nSPS) is 18.7. The lowest BCUT2D eigenvalue weighted by Crippen LogP contribution is -2.39. The lowest BCUT2D eigenvalue weighted by atomic mass is 9.86.